The van der Waals surface area contributed by atoms with Gasteiger partial charge in [-0.15, -0.1) is 0 Å². The van der Waals surface area contributed by atoms with E-state index in [0.29, 0.717) is 11.3 Å². The van der Waals surface area contributed by atoms with E-state index >= 15 is 0 Å². The number of aliphatic carboxylic acids is 1. The number of nitrogens with one attached hydrogen (secondary N) is 1. The summed E-state index contributed by atoms with van der Waals surface area (Å²) >= 11 is 1.37. The number of rotatable bonds is 8. The Labute approximate surface area is 181 Å². The predicted octanol–water partition coefficient (Wildman–Crippen LogP) is 2.56. The van der Waals surface area contributed by atoms with Gasteiger partial charge in [-0.2, -0.15) is 11.8 Å². The first kappa shape index (κ1) is 22.2. The Balaban J connectivity index is 1.71. The van der Waals surface area contributed by atoms with Gasteiger partial charge in [-0.3, -0.25) is 4.79 Å². The second-order valence-electron chi connectivity index (χ2n) is 6.97. The first-order valence-corrected chi connectivity index (χ1v) is 10.5. The Morgan fingerprint density at radius 1 is 1.16 bits per heavy atom. The molecule has 31 heavy (non-hydrogen) atoms. The third kappa shape index (κ3) is 5.37. The van der Waals surface area contributed by atoms with Gasteiger partial charge in [0.25, 0.3) is 0 Å². The van der Waals surface area contributed by atoms with Gasteiger partial charge in [-0.05, 0) is 18.1 Å². The summed E-state index contributed by atoms with van der Waals surface area (Å²) < 4.78 is 5.13. The number of aryl methyl sites for hydroxylation is 1. The van der Waals surface area contributed by atoms with Crippen molar-refractivity contribution in [1.29, 1.82) is 0 Å². The number of thioether (sulfide) groups is 1. The number of amides is 1. The normalized spacial score (nSPS) is 11.9. The van der Waals surface area contributed by atoms with Crippen LogP contribution >= 0.6 is 11.8 Å². The molecule has 9 heteroatoms. The van der Waals surface area contributed by atoms with Crippen LogP contribution in [-0.2, 0) is 21.8 Å². The highest BCUT2D eigenvalue weighted by Gasteiger charge is 2.23. The number of hydrogen-bond donors (Lipinski definition) is 4. The van der Waals surface area contributed by atoms with Crippen molar-refractivity contribution in [3.63, 3.8) is 0 Å². The second-order valence-corrected chi connectivity index (χ2v) is 8.00. The van der Waals surface area contributed by atoms with Crippen molar-refractivity contribution < 1.29 is 29.3 Å². The summed E-state index contributed by atoms with van der Waals surface area (Å²) in [5.74, 6) is -1.64. The molecule has 1 atom stereocenters. The molecule has 8 nitrogen and oxygen atoms in total. The monoisotopic (exact) mass is 443 g/mol. The summed E-state index contributed by atoms with van der Waals surface area (Å²) in [7, 11) is 0. The Morgan fingerprint density at radius 3 is 2.55 bits per heavy atom. The summed E-state index contributed by atoms with van der Waals surface area (Å²) in [5, 5.41) is 31.7. The quantitative estimate of drug-likeness (QED) is 0.390. The average Bonchev–Trinajstić information content (AvgIpc) is 2.70. The predicted molar refractivity (Wildman–Crippen MR) is 116 cm³/mol. The fourth-order valence-corrected chi connectivity index (χ4v) is 4.17. The molecule has 0 saturated heterocycles. The fourth-order valence-electron chi connectivity index (χ4n) is 3.16. The van der Waals surface area contributed by atoms with E-state index < -0.39 is 30.0 Å². The molecular weight excluding hydrogens is 422 g/mol. The number of hydrogen-bond acceptors (Lipinski definition) is 7. The van der Waals surface area contributed by atoms with Crippen LogP contribution in [-0.4, -0.2) is 39.0 Å². The van der Waals surface area contributed by atoms with Crippen molar-refractivity contribution in [1.82, 2.24) is 5.32 Å². The molecule has 4 N–H and O–H groups in total. The Bertz CT molecular complexity index is 1170. The first-order chi connectivity index (χ1) is 14.8. The minimum absolute atomic E-state index is 0.00654. The Morgan fingerprint density at radius 2 is 1.87 bits per heavy atom. The molecule has 0 spiro atoms. The van der Waals surface area contributed by atoms with Gasteiger partial charge >= 0.3 is 11.6 Å². The van der Waals surface area contributed by atoms with E-state index in [1.807, 2.05) is 30.3 Å². The van der Waals surface area contributed by atoms with Crippen LogP contribution in [0.15, 0.2) is 51.7 Å². The van der Waals surface area contributed by atoms with Crippen LogP contribution in [0, 0.1) is 6.92 Å². The van der Waals surface area contributed by atoms with E-state index in [2.05, 4.69) is 5.32 Å². The maximum Gasteiger partial charge on any atom is 0.340 e. The van der Waals surface area contributed by atoms with Crippen molar-refractivity contribution in [2.24, 2.45) is 0 Å². The smallest absolute Gasteiger partial charge is 0.340 e. The van der Waals surface area contributed by atoms with Gasteiger partial charge in [-0.1, -0.05) is 30.3 Å². The zero-order valence-corrected chi connectivity index (χ0v) is 17.4. The molecule has 3 rings (SSSR count). The van der Waals surface area contributed by atoms with Crippen LogP contribution in [0.1, 0.15) is 16.7 Å². The molecule has 1 unspecified atom stereocenters. The van der Waals surface area contributed by atoms with Crippen LogP contribution in [0.3, 0.4) is 0 Å². The lowest BCUT2D eigenvalue weighted by Gasteiger charge is -2.15. The third-order valence-corrected chi connectivity index (χ3v) is 5.82. The maximum absolute atomic E-state index is 12.5. The van der Waals surface area contributed by atoms with Crippen LogP contribution < -0.4 is 10.9 Å². The fraction of sp³-hybridized carbons (Fsp3) is 0.227. The highest BCUT2D eigenvalue weighted by Crippen LogP contribution is 2.32. The number of carboxylic acid groups (broad SMARTS) is 1. The number of phenols is 2. The molecule has 0 aliphatic carbocycles. The standard InChI is InChI=1S/C22H21NO7S/c1-12-15(22(29)30-18-8-14(24)7-17(25)20(12)18)9-19(26)23-16(21(27)28)11-31-10-13-5-3-2-4-6-13/h2-8,16,24-25H,9-11H2,1H3,(H,23,26)(H,27,28). The van der Waals surface area contributed by atoms with Crippen molar-refractivity contribution in [2.45, 2.75) is 25.1 Å². The molecule has 1 amide bonds. The first-order valence-electron chi connectivity index (χ1n) is 9.38. The summed E-state index contributed by atoms with van der Waals surface area (Å²) in [6, 6.07) is 10.7. The van der Waals surface area contributed by atoms with E-state index in [9.17, 15) is 29.7 Å². The third-order valence-electron chi connectivity index (χ3n) is 4.71. The molecule has 1 heterocycles. The van der Waals surface area contributed by atoms with E-state index in [1.165, 1.54) is 17.8 Å². The van der Waals surface area contributed by atoms with Crippen LogP contribution in [0.25, 0.3) is 11.0 Å². The number of carboxylic acids is 1. The van der Waals surface area contributed by atoms with Crippen LogP contribution in [0.5, 0.6) is 11.5 Å². The number of benzene rings is 2. The molecule has 2 aromatic carbocycles. The van der Waals surface area contributed by atoms with Gasteiger partial charge in [-0.25, -0.2) is 9.59 Å². The van der Waals surface area contributed by atoms with Gasteiger partial charge in [0.05, 0.1) is 17.4 Å². The molecule has 162 valence electrons. The summed E-state index contributed by atoms with van der Waals surface area (Å²) in [6.07, 6.45) is -0.405. The Kier molecular flexibility index (Phi) is 6.86. The number of carbonyl (C=O) groups is 2. The molecule has 0 bridgehead atoms. The molecular formula is C22H21NO7S. The lowest BCUT2D eigenvalue weighted by molar-refractivity contribution is -0.141. The zero-order valence-electron chi connectivity index (χ0n) is 16.6. The van der Waals surface area contributed by atoms with E-state index in [1.54, 1.807) is 6.92 Å². The van der Waals surface area contributed by atoms with Gasteiger partial charge in [0.2, 0.25) is 5.91 Å². The molecule has 0 fully saturated rings. The minimum atomic E-state index is -1.18. The lowest BCUT2D eigenvalue weighted by Crippen LogP contribution is -2.43. The molecule has 0 aliphatic heterocycles. The van der Waals surface area contributed by atoms with Crippen molar-refractivity contribution in [2.75, 3.05) is 5.75 Å². The van der Waals surface area contributed by atoms with Crippen LogP contribution in [0.4, 0.5) is 0 Å². The Hall–Kier alpha value is -3.46. The van der Waals surface area contributed by atoms with Crippen LogP contribution in [0.2, 0.25) is 0 Å². The van der Waals surface area contributed by atoms with Gasteiger partial charge in [0.15, 0.2) is 0 Å². The lowest BCUT2D eigenvalue weighted by atomic mass is 10.0. The number of phenolic OH excluding ortho intramolecular Hbond substituents is 2. The maximum atomic E-state index is 12.5. The molecule has 3 aromatic rings. The van der Waals surface area contributed by atoms with Gasteiger partial charge < -0.3 is 25.1 Å². The topological polar surface area (TPSA) is 137 Å². The average molecular weight is 443 g/mol. The zero-order chi connectivity index (χ0) is 22.5. The van der Waals surface area contributed by atoms with Crippen molar-refractivity contribution >= 4 is 34.6 Å². The number of fused-ring (bicyclic) bond motifs is 1. The largest absolute Gasteiger partial charge is 0.508 e. The molecule has 0 radical (unpaired) electrons. The van der Waals surface area contributed by atoms with E-state index in [-0.39, 0.29) is 33.8 Å². The highest BCUT2D eigenvalue weighted by molar-refractivity contribution is 7.98. The molecule has 0 saturated carbocycles. The van der Waals surface area contributed by atoms with Crippen molar-refractivity contribution in [3.05, 3.63) is 69.6 Å². The molecule has 0 aliphatic rings. The highest BCUT2D eigenvalue weighted by atomic mass is 32.2. The minimum Gasteiger partial charge on any atom is -0.508 e. The number of carbonyl (C=O) groups excluding carboxylic acids is 1. The van der Waals surface area contributed by atoms with Gasteiger partial charge in [0, 0.05) is 23.6 Å². The summed E-state index contributed by atoms with van der Waals surface area (Å²) in [6.45, 7) is 1.54. The van der Waals surface area contributed by atoms with Crippen molar-refractivity contribution in [3.8, 4) is 11.5 Å². The van der Waals surface area contributed by atoms with E-state index in [4.69, 9.17) is 4.42 Å². The second kappa shape index (κ2) is 9.57. The molecule has 1 aromatic heterocycles. The summed E-state index contributed by atoms with van der Waals surface area (Å²) in [5.41, 5.74) is 0.565. The summed E-state index contributed by atoms with van der Waals surface area (Å²) in [4.78, 5) is 36.4. The SMILES string of the molecule is Cc1c(CC(=O)NC(CSCc2ccccc2)C(=O)O)c(=O)oc2cc(O)cc(O)c12. The van der Waals surface area contributed by atoms with E-state index in [0.717, 1.165) is 11.6 Å². The number of aromatic hydroxyl groups is 2. The van der Waals surface area contributed by atoms with Gasteiger partial charge in [0.1, 0.15) is 23.1 Å².